The molecule has 0 heterocycles. The van der Waals surface area contributed by atoms with E-state index in [1.54, 1.807) is 12.1 Å². The summed E-state index contributed by atoms with van der Waals surface area (Å²) in [6.45, 7) is 4.00. The Hall–Kier alpha value is -2.36. The summed E-state index contributed by atoms with van der Waals surface area (Å²) in [7, 11) is 0. The normalized spacial score (nSPS) is 10.3. The fourth-order valence-electron chi connectivity index (χ4n) is 2.02. The van der Waals surface area contributed by atoms with Crippen LogP contribution >= 0.6 is 0 Å². The molecule has 0 aromatic heterocycles. The van der Waals surface area contributed by atoms with Crippen LogP contribution in [0.15, 0.2) is 36.4 Å². The van der Waals surface area contributed by atoms with Gasteiger partial charge in [-0.05, 0) is 31.0 Å². The molecule has 4 nitrogen and oxygen atoms in total. The Bertz CT molecular complexity index is 601. The van der Waals surface area contributed by atoms with Gasteiger partial charge < -0.3 is 5.73 Å². The second-order valence-corrected chi connectivity index (χ2v) is 4.41. The molecule has 0 atom stereocenters. The van der Waals surface area contributed by atoms with E-state index in [9.17, 15) is 10.1 Å². The molecule has 0 spiro atoms. The SMILES string of the molecule is Cc1cc(C)cc(-c2ccc(N)c([N+](=O)[O-])c2)c1. The highest BCUT2D eigenvalue weighted by Gasteiger charge is 2.12. The third-order valence-corrected chi connectivity index (χ3v) is 2.78. The summed E-state index contributed by atoms with van der Waals surface area (Å²) < 4.78 is 0. The standard InChI is InChI=1S/C14H14N2O2/c1-9-5-10(2)7-12(6-9)11-3-4-13(15)14(8-11)16(17)18/h3-8H,15H2,1-2H3. The quantitative estimate of drug-likeness (QED) is 0.498. The molecule has 0 saturated heterocycles. The number of nitrogens with zero attached hydrogens (tertiary/aromatic N) is 1. The summed E-state index contributed by atoms with van der Waals surface area (Å²) >= 11 is 0. The Kier molecular flexibility index (Phi) is 3.02. The lowest BCUT2D eigenvalue weighted by atomic mass is 10.00. The summed E-state index contributed by atoms with van der Waals surface area (Å²) in [5.74, 6) is 0. The van der Waals surface area contributed by atoms with E-state index in [0.29, 0.717) is 0 Å². The minimum absolute atomic E-state index is 0.0494. The molecule has 2 aromatic carbocycles. The highest BCUT2D eigenvalue weighted by Crippen LogP contribution is 2.29. The van der Waals surface area contributed by atoms with Crippen LogP contribution in [0.4, 0.5) is 11.4 Å². The minimum Gasteiger partial charge on any atom is -0.393 e. The van der Waals surface area contributed by atoms with Gasteiger partial charge in [0.15, 0.2) is 0 Å². The van der Waals surface area contributed by atoms with Crippen molar-refractivity contribution in [1.29, 1.82) is 0 Å². The molecule has 0 aliphatic heterocycles. The van der Waals surface area contributed by atoms with Crippen LogP contribution in [0.1, 0.15) is 11.1 Å². The lowest BCUT2D eigenvalue weighted by molar-refractivity contribution is -0.383. The van der Waals surface area contributed by atoms with Crippen LogP contribution in [-0.4, -0.2) is 4.92 Å². The first-order valence-corrected chi connectivity index (χ1v) is 5.60. The Morgan fingerprint density at radius 3 is 2.17 bits per heavy atom. The monoisotopic (exact) mass is 242 g/mol. The second kappa shape index (κ2) is 4.49. The second-order valence-electron chi connectivity index (χ2n) is 4.41. The van der Waals surface area contributed by atoms with E-state index in [1.165, 1.54) is 6.07 Å². The van der Waals surface area contributed by atoms with Crippen LogP contribution in [0.5, 0.6) is 0 Å². The van der Waals surface area contributed by atoms with Gasteiger partial charge in [0.2, 0.25) is 0 Å². The molecule has 0 aliphatic rings. The van der Waals surface area contributed by atoms with E-state index >= 15 is 0 Å². The van der Waals surface area contributed by atoms with Crippen molar-refractivity contribution < 1.29 is 4.92 Å². The van der Waals surface area contributed by atoms with E-state index in [2.05, 4.69) is 6.07 Å². The first kappa shape index (κ1) is 12.1. The van der Waals surface area contributed by atoms with Crippen molar-refractivity contribution in [2.24, 2.45) is 0 Å². The molecule has 0 unspecified atom stereocenters. The Morgan fingerprint density at radius 1 is 1.00 bits per heavy atom. The van der Waals surface area contributed by atoms with Crippen molar-refractivity contribution in [2.45, 2.75) is 13.8 Å². The third kappa shape index (κ3) is 2.32. The molecule has 0 fully saturated rings. The van der Waals surface area contributed by atoms with Crippen LogP contribution in [0, 0.1) is 24.0 Å². The molecular weight excluding hydrogens is 228 g/mol. The molecule has 92 valence electrons. The van der Waals surface area contributed by atoms with E-state index in [0.717, 1.165) is 22.3 Å². The Labute approximate surface area is 105 Å². The van der Waals surface area contributed by atoms with Gasteiger partial charge in [0, 0.05) is 6.07 Å². The lowest BCUT2D eigenvalue weighted by Crippen LogP contribution is -1.95. The highest BCUT2D eigenvalue weighted by molar-refractivity contribution is 5.72. The van der Waals surface area contributed by atoms with E-state index < -0.39 is 4.92 Å². The number of rotatable bonds is 2. The van der Waals surface area contributed by atoms with Gasteiger partial charge in [-0.2, -0.15) is 0 Å². The molecule has 0 amide bonds. The highest BCUT2D eigenvalue weighted by atomic mass is 16.6. The summed E-state index contributed by atoms with van der Waals surface area (Å²) in [4.78, 5) is 10.4. The molecule has 2 N–H and O–H groups in total. The number of hydrogen-bond donors (Lipinski definition) is 1. The maximum absolute atomic E-state index is 10.9. The Morgan fingerprint density at radius 2 is 1.61 bits per heavy atom. The lowest BCUT2D eigenvalue weighted by Gasteiger charge is -2.06. The van der Waals surface area contributed by atoms with Crippen molar-refractivity contribution >= 4 is 11.4 Å². The average Bonchev–Trinajstić information content (AvgIpc) is 2.27. The summed E-state index contributed by atoms with van der Waals surface area (Å²) in [6.07, 6.45) is 0. The summed E-state index contributed by atoms with van der Waals surface area (Å²) in [6, 6.07) is 11.0. The number of benzene rings is 2. The van der Waals surface area contributed by atoms with Crippen LogP contribution in [0.2, 0.25) is 0 Å². The zero-order chi connectivity index (χ0) is 13.3. The van der Waals surface area contributed by atoms with Crippen LogP contribution in [-0.2, 0) is 0 Å². The third-order valence-electron chi connectivity index (χ3n) is 2.78. The molecule has 0 aliphatic carbocycles. The predicted octanol–water partition coefficient (Wildman–Crippen LogP) is 3.46. The fourth-order valence-corrected chi connectivity index (χ4v) is 2.02. The number of hydrogen-bond acceptors (Lipinski definition) is 3. The number of aryl methyl sites for hydroxylation is 2. The zero-order valence-corrected chi connectivity index (χ0v) is 10.3. The number of nitrogens with two attached hydrogens (primary N) is 1. The molecule has 0 radical (unpaired) electrons. The smallest absolute Gasteiger partial charge is 0.292 e. The summed E-state index contributed by atoms with van der Waals surface area (Å²) in [5, 5.41) is 10.9. The molecule has 2 rings (SSSR count). The van der Waals surface area contributed by atoms with Crippen LogP contribution in [0.3, 0.4) is 0 Å². The van der Waals surface area contributed by atoms with Gasteiger partial charge in [-0.3, -0.25) is 10.1 Å². The van der Waals surface area contributed by atoms with Crippen molar-refractivity contribution in [3.05, 3.63) is 57.6 Å². The van der Waals surface area contributed by atoms with Gasteiger partial charge in [0.25, 0.3) is 5.69 Å². The Balaban J connectivity index is 2.57. The molecule has 18 heavy (non-hydrogen) atoms. The van der Waals surface area contributed by atoms with Crippen LogP contribution in [0.25, 0.3) is 11.1 Å². The maximum atomic E-state index is 10.9. The predicted molar refractivity (Wildman–Crippen MR) is 72.4 cm³/mol. The van der Waals surface area contributed by atoms with Gasteiger partial charge >= 0.3 is 0 Å². The zero-order valence-electron chi connectivity index (χ0n) is 10.3. The van der Waals surface area contributed by atoms with E-state index in [1.807, 2.05) is 26.0 Å². The van der Waals surface area contributed by atoms with Gasteiger partial charge in [0.1, 0.15) is 5.69 Å². The first-order valence-electron chi connectivity index (χ1n) is 5.60. The van der Waals surface area contributed by atoms with Gasteiger partial charge in [0.05, 0.1) is 4.92 Å². The number of anilines is 1. The van der Waals surface area contributed by atoms with E-state index in [-0.39, 0.29) is 11.4 Å². The van der Waals surface area contributed by atoms with Crippen molar-refractivity contribution in [3.8, 4) is 11.1 Å². The van der Waals surface area contributed by atoms with Gasteiger partial charge in [-0.15, -0.1) is 0 Å². The number of nitro groups is 1. The molecule has 0 bridgehead atoms. The summed E-state index contributed by atoms with van der Waals surface area (Å²) in [5.41, 5.74) is 9.76. The number of nitrogen functional groups attached to an aromatic ring is 1. The van der Waals surface area contributed by atoms with Crippen LogP contribution < -0.4 is 5.73 Å². The maximum Gasteiger partial charge on any atom is 0.292 e. The van der Waals surface area contributed by atoms with Gasteiger partial charge in [-0.25, -0.2) is 0 Å². The molecular formula is C14H14N2O2. The van der Waals surface area contributed by atoms with Crippen molar-refractivity contribution in [2.75, 3.05) is 5.73 Å². The topological polar surface area (TPSA) is 69.2 Å². The number of nitro benzene ring substituents is 1. The van der Waals surface area contributed by atoms with Crippen molar-refractivity contribution in [3.63, 3.8) is 0 Å². The first-order chi connectivity index (χ1) is 8.47. The largest absolute Gasteiger partial charge is 0.393 e. The minimum atomic E-state index is -0.457. The molecule has 0 saturated carbocycles. The van der Waals surface area contributed by atoms with E-state index in [4.69, 9.17) is 5.73 Å². The van der Waals surface area contributed by atoms with Crippen molar-refractivity contribution in [1.82, 2.24) is 0 Å². The molecule has 2 aromatic rings. The van der Waals surface area contributed by atoms with Gasteiger partial charge in [-0.1, -0.05) is 35.4 Å². The fraction of sp³-hybridized carbons (Fsp3) is 0.143. The molecule has 4 heteroatoms. The average molecular weight is 242 g/mol.